The van der Waals surface area contributed by atoms with Crippen molar-refractivity contribution in [3.05, 3.63) is 35.9 Å². The van der Waals surface area contributed by atoms with Crippen molar-refractivity contribution < 1.29 is 4.74 Å². The molecule has 3 rings (SSSR count). The monoisotopic (exact) mass is 330 g/mol. The molecule has 0 aromatic heterocycles. The van der Waals surface area contributed by atoms with E-state index in [-0.39, 0.29) is 6.10 Å². The Morgan fingerprint density at radius 1 is 1.04 bits per heavy atom. The largest absolute Gasteiger partial charge is 0.357 e. The lowest BCUT2D eigenvalue weighted by atomic mass is 9.94. The topological polar surface area (TPSA) is 15.7 Å². The third-order valence-electron chi connectivity index (χ3n) is 5.45. The Kier molecular flexibility index (Phi) is 6.70. The second-order valence-corrected chi connectivity index (χ2v) is 7.89. The van der Waals surface area contributed by atoms with Crippen LogP contribution in [0.5, 0.6) is 0 Å². The summed E-state index contributed by atoms with van der Waals surface area (Å²) in [6.45, 7) is 10.5. The molecule has 2 aliphatic heterocycles. The third kappa shape index (κ3) is 4.81. The number of hydrogen-bond donors (Lipinski definition) is 0. The maximum Gasteiger partial charge on any atom is 0.100 e. The first kappa shape index (κ1) is 17.9. The van der Waals surface area contributed by atoms with Crippen molar-refractivity contribution in [1.29, 1.82) is 0 Å². The van der Waals surface area contributed by atoms with Crippen molar-refractivity contribution in [2.75, 3.05) is 32.9 Å². The number of rotatable bonds is 7. The van der Waals surface area contributed by atoms with Crippen molar-refractivity contribution in [2.45, 2.75) is 58.1 Å². The van der Waals surface area contributed by atoms with E-state index < -0.39 is 0 Å². The number of piperidine rings is 1. The summed E-state index contributed by atoms with van der Waals surface area (Å²) in [6, 6.07) is 11.3. The molecule has 0 unspecified atom stereocenters. The van der Waals surface area contributed by atoms with Crippen molar-refractivity contribution in [3.63, 3.8) is 0 Å². The average Bonchev–Trinajstić information content (AvgIpc) is 2.99. The van der Waals surface area contributed by atoms with E-state index in [0.29, 0.717) is 12.0 Å². The van der Waals surface area contributed by atoms with E-state index >= 15 is 0 Å². The average molecular weight is 331 g/mol. The van der Waals surface area contributed by atoms with Gasteiger partial charge in [0, 0.05) is 12.6 Å². The van der Waals surface area contributed by atoms with Gasteiger partial charge in [0.15, 0.2) is 0 Å². The zero-order chi connectivity index (χ0) is 16.8. The van der Waals surface area contributed by atoms with Crippen LogP contribution in [-0.4, -0.2) is 48.8 Å². The molecule has 2 saturated heterocycles. The van der Waals surface area contributed by atoms with E-state index in [0.717, 1.165) is 13.3 Å². The van der Waals surface area contributed by atoms with E-state index in [2.05, 4.69) is 54.0 Å². The smallest absolute Gasteiger partial charge is 0.100 e. The van der Waals surface area contributed by atoms with Crippen molar-refractivity contribution in [3.8, 4) is 0 Å². The highest BCUT2D eigenvalue weighted by Gasteiger charge is 2.35. The molecule has 0 radical (unpaired) electrons. The van der Waals surface area contributed by atoms with Crippen LogP contribution in [0.15, 0.2) is 30.3 Å². The Balaban J connectivity index is 1.55. The first-order valence-electron chi connectivity index (χ1n) is 9.87. The maximum absolute atomic E-state index is 6.22. The summed E-state index contributed by atoms with van der Waals surface area (Å²) in [4.78, 5) is 5.23. The molecule has 3 heteroatoms. The van der Waals surface area contributed by atoms with Gasteiger partial charge in [0.1, 0.15) is 6.73 Å². The molecule has 24 heavy (non-hydrogen) atoms. The van der Waals surface area contributed by atoms with Gasteiger partial charge in [-0.1, -0.05) is 50.6 Å². The van der Waals surface area contributed by atoms with Crippen LogP contribution >= 0.6 is 0 Å². The number of nitrogens with zero attached hydrogens (tertiary/aromatic N) is 2. The van der Waals surface area contributed by atoms with Crippen LogP contribution < -0.4 is 0 Å². The van der Waals surface area contributed by atoms with E-state index in [1.54, 1.807) is 0 Å². The number of benzene rings is 1. The van der Waals surface area contributed by atoms with Crippen LogP contribution in [0, 0.1) is 5.92 Å². The minimum absolute atomic E-state index is 0.239. The highest BCUT2D eigenvalue weighted by atomic mass is 16.5. The van der Waals surface area contributed by atoms with Crippen molar-refractivity contribution >= 4 is 0 Å². The Hall–Kier alpha value is -0.900. The molecule has 1 aromatic carbocycles. The van der Waals surface area contributed by atoms with Gasteiger partial charge >= 0.3 is 0 Å². The maximum atomic E-state index is 6.22. The van der Waals surface area contributed by atoms with Gasteiger partial charge in [0.2, 0.25) is 0 Å². The summed E-state index contributed by atoms with van der Waals surface area (Å²) in [5.74, 6) is 0.701. The van der Waals surface area contributed by atoms with Gasteiger partial charge in [-0.3, -0.25) is 4.90 Å². The zero-order valence-corrected chi connectivity index (χ0v) is 15.5. The Morgan fingerprint density at radius 2 is 1.79 bits per heavy atom. The predicted octanol–water partition coefficient (Wildman–Crippen LogP) is 4.31. The molecule has 0 bridgehead atoms. The van der Waals surface area contributed by atoms with Crippen molar-refractivity contribution in [2.24, 2.45) is 5.92 Å². The standard InChI is InChI=1S/C21H34N2O/c1-18(2)16-20-21(19-10-5-3-6-11-19)24-17-23(20)15-9-14-22-12-7-4-8-13-22/h3,5-6,10-11,18,20-21H,4,7-9,12-17H2,1-2H3/t20-,21-/m0/s1. The van der Waals surface area contributed by atoms with Crippen LogP contribution in [0.3, 0.4) is 0 Å². The van der Waals surface area contributed by atoms with Gasteiger partial charge in [0.25, 0.3) is 0 Å². The van der Waals surface area contributed by atoms with Crippen LogP contribution in [0.2, 0.25) is 0 Å². The number of hydrogen-bond acceptors (Lipinski definition) is 3. The molecule has 0 amide bonds. The fourth-order valence-electron chi connectivity index (χ4n) is 4.20. The quantitative estimate of drug-likeness (QED) is 0.741. The Morgan fingerprint density at radius 3 is 2.50 bits per heavy atom. The third-order valence-corrected chi connectivity index (χ3v) is 5.45. The highest BCUT2D eigenvalue weighted by molar-refractivity contribution is 5.20. The molecule has 2 heterocycles. The summed E-state index contributed by atoms with van der Waals surface area (Å²) in [5, 5.41) is 0. The number of ether oxygens (including phenoxy) is 1. The van der Waals surface area contributed by atoms with Crippen LogP contribution in [0.4, 0.5) is 0 Å². The van der Waals surface area contributed by atoms with Gasteiger partial charge in [0.05, 0.1) is 6.10 Å². The SMILES string of the molecule is CC(C)C[C@H]1[C@H](c2ccccc2)OCN1CCCN1CCCCC1. The van der Waals surface area contributed by atoms with E-state index in [9.17, 15) is 0 Å². The second-order valence-electron chi connectivity index (χ2n) is 7.89. The fraction of sp³-hybridized carbons (Fsp3) is 0.714. The summed E-state index contributed by atoms with van der Waals surface area (Å²) in [7, 11) is 0. The fourth-order valence-corrected chi connectivity index (χ4v) is 4.20. The van der Waals surface area contributed by atoms with Gasteiger partial charge in [-0.05, 0) is 56.8 Å². The first-order valence-corrected chi connectivity index (χ1v) is 9.87. The molecule has 0 N–H and O–H groups in total. The minimum Gasteiger partial charge on any atom is -0.357 e. The van der Waals surface area contributed by atoms with E-state index in [4.69, 9.17) is 4.74 Å². The molecule has 2 atom stereocenters. The van der Waals surface area contributed by atoms with Gasteiger partial charge in [-0.15, -0.1) is 0 Å². The molecule has 0 aliphatic carbocycles. The summed E-state index contributed by atoms with van der Waals surface area (Å²) >= 11 is 0. The highest BCUT2D eigenvalue weighted by Crippen LogP contribution is 2.34. The minimum atomic E-state index is 0.239. The van der Waals surface area contributed by atoms with Crippen molar-refractivity contribution in [1.82, 2.24) is 9.80 Å². The molecule has 134 valence electrons. The van der Waals surface area contributed by atoms with Gasteiger partial charge < -0.3 is 9.64 Å². The molecule has 3 nitrogen and oxygen atoms in total. The summed E-state index contributed by atoms with van der Waals surface area (Å²) in [6.07, 6.45) is 6.91. The lowest BCUT2D eigenvalue weighted by molar-refractivity contribution is 0.0869. The molecular formula is C21H34N2O. The summed E-state index contributed by atoms with van der Waals surface area (Å²) < 4.78 is 6.22. The Labute approximate surface area is 148 Å². The summed E-state index contributed by atoms with van der Waals surface area (Å²) in [5.41, 5.74) is 1.33. The van der Waals surface area contributed by atoms with E-state index in [1.807, 2.05) is 0 Å². The first-order chi connectivity index (χ1) is 11.7. The molecule has 0 saturated carbocycles. The molecule has 2 fully saturated rings. The normalized spacial score (nSPS) is 26.3. The second kappa shape index (κ2) is 8.98. The van der Waals surface area contributed by atoms with Gasteiger partial charge in [-0.25, -0.2) is 0 Å². The molecule has 1 aromatic rings. The molecule has 0 spiro atoms. The molecular weight excluding hydrogens is 296 g/mol. The lowest BCUT2D eigenvalue weighted by Crippen LogP contribution is -2.37. The van der Waals surface area contributed by atoms with Crippen LogP contribution in [0.1, 0.15) is 57.6 Å². The van der Waals surface area contributed by atoms with Gasteiger partial charge in [-0.2, -0.15) is 0 Å². The van der Waals surface area contributed by atoms with Crippen LogP contribution in [0.25, 0.3) is 0 Å². The predicted molar refractivity (Wildman–Crippen MR) is 100.0 cm³/mol. The zero-order valence-electron chi connectivity index (χ0n) is 15.5. The molecule has 2 aliphatic rings. The lowest BCUT2D eigenvalue weighted by Gasteiger charge is -2.30. The van der Waals surface area contributed by atoms with E-state index in [1.165, 1.54) is 57.3 Å². The van der Waals surface area contributed by atoms with Crippen LogP contribution in [-0.2, 0) is 4.74 Å². The Bertz CT molecular complexity index is 470. The number of likely N-dealkylation sites (tertiary alicyclic amines) is 1.